The van der Waals surface area contributed by atoms with Crippen LogP contribution in [-0.4, -0.2) is 32.5 Å². The highest BCUT2D eigenvalue weighted by molar-refractivity contribution is 5.21. The lowest BCUT2D eigenvalue weighted by Crippen LogP contribution is -2.39. The van der Waals surface area contributed by atoms with Crippen LogP contribution in [0.4, 0.5) is 8.78 Å². The molecule has 0 spiro atoms. The molecule has 0 aliphatic carbocycles. The van der Waals surface area contributed by atoms with Crippen LogP contribution in [0.5, 0.6) is 0 Å². The predicted octanol–water partition coefficient (Wildman–Crippen LogP) is 1.19. The molecule has 2 heterocycles. The molecule has 0 fully saturated rings. The number of benzene rings is 1. The second-order valence-corrected chi connectivity index (χ2v) is 5.18. The minimum atomic E-state index is -1.09. The lowest BCUT2D eigenvalue weighted by molar-refractivity contribution is 0.160. The molecule has 0 radical (unpaired) electrons. The van der Waals surface area contributed by atoms with Crippen molar-refractivity contribution in [2.45, 2.75) is 31.5 Å². The van der Waals surface area contributed by atoms with Crippen LogP contribution in [0.25, 0.3) is 0 Å². The highest BCUT2D eigenvalue weighted by atomic mass is 19.1. The molecule has 0 saturated carbocycles. The van der Waals surface area contributed by atoms with Crippen molar-refractivity contribution in [1.29, 1.82) is 0 Å². The number of aromatic nitrogens is 3. The number of nitrogens with one attached hydrogen (secondary N) is 1. The largest absolute Gasteiger partial charge is 0.387 e. The second kappa shape index (κ2) is 5.87. The quantitative estimate of drug-likeness (QED) is 0.889. The van der Waals surface area contributed by atoms with Crippen molar-refractivity contribution in [3.05, 3.63) is 47.5 Å². The Labute approximate surface area is 120 Å². The minimum absolute atomic E-state index is 0.0280. The molecule has 1 aromatic carbocycles. The molecule has 2 atom stereocenters. The zero-order valence-electron chi connectivity index (χ0n) is 11.3. The van der Waals surface area contributed by atoms with Crippen molar-refractivity contribution in [2.24, 2.45) is 0 Å². The third kappa shape index (κ3) is 3.08. The molecule has 112 valence electrons. The van der Waals surface area contributed by atoms with Crippen molar-refractivity contribution in [3.8, 4) is 0 Å². The number of fused-ring (bicyclic) bond motifs is 1. The van der Waals surface area contributed by atoms with Gasteiger partial charge in [-0.15, -0.1) is 0 Å². The maximum atomic E-state index is 13.6. The first-order valence-electron chi connectivity index (χ1n) is 6.86. The number of hydrogen-bond acceptors (Lipinski definition) is 4. The summed E-state index contributed by atoms with van der Waals surface area (Å²) < 4.78 is 28.5. The highest BCUT2D eigenvalue weighted by Crippen LogP contribution is 2.18. The average molecular weight is 294 g/mol. The number of nitrogens with zero attached hydrogens (tertiary/aromatic N) is 3. The fourth-order valence-electron chi connectivity index (χ4n) is 2.56. The van der Waals surface area contributed by atoms with Gasteiger partial charge in [0.05, 0.1) is 12.6 Å². The van der Waals surface area contributed by atoms with Crippen LogP contribution < -0.4 is 5.32 Å². The summed E-state index contributed by atoms with van der Waals surface area (Å²) in [6.45, 7) is 0.822. The predicted molar refractivity (Wildman–Crippen MR) is 71.5 cm³/mol. The Morgan fingerprint density at radius 2 is 2.29 bits per heavy atom. The Hall–Kier alpha value is -1.86. The van der Waals surface area contributed by atoms with Gasteiger partial charge in [-0.1, -0.05) is 0 Å². The summed E-state index contributed by atoms with van der Waals surface area (Å²) in [5.74, 6) is -0.215. The Kier molecular flexibility index (Phi) is 3.94. The molecule has 0 bridgehead atoms. The molecule has 5 nitrogen and oxygen atoms in total. The lowest BCUT2D eigenvalue weighted by atomic mass is 10.1. The van der Waals surface area contributed by atoms with E-state index in [2.05, 4.69) is 15.4 Å². The van der Waals surface area contributed by atoms with E-state index in [9.17, 15) is 13.9 Å². The average Bonchev–Trinajstić information content (AvgIpc) is 2.94. The fourth-order valence-corrected chi connectivity index (χ4v) is 2.56. The Morgan fingerprint density at radius 3 is 3.14 bits per heavy atom. The van der Waals surface area contributed by atoms with Crippen LogP contribution >= 0.6 is 0 Å². The monoisotopic (exact) mass is 294 g/mol. The molecule has 1 aromatic heterocycles. The van der Waals surface area contributed by atoms with Gasteiger partial charge in [-0.25, -0.2) is 18.4 Å². The first kappa shape index (κ1) is 14.1. The molecule has 7 heteroatoms. The van der Waals surface area contributed by atoms with Gasteiger partial charge in [-0.05, 0) is 24.6 Å². The van der Waals surface area contributed by atoms with Crippen molar-refractivity contribution in [1.82, 2.24) is 20.1 Å². The van der Waals surface area contributed by atoms with Crippen LogP contribution in [0.2, 0.25) is 0 Å². The first-order chi connectivity index (χ1) is 10.1. The molecular formula is C14H16F2N4O. The molecule has 3 rings (SSSR count). The summed E-state index contributed by atoms with van der Waals surface area (Å²) in [6, 6.07) is 3.21. The number of rotatable bonds is 4. The van der Waals surface area contributed by atoms with Crippen LogP contribution in [0.15, 0.2) is 24.5 Å². The first-order valence-corrected chi connectivity index (χ1v) is 6.86. The van der Waals surface area contributed by atoms with Gasteiger partial charge in [0.25, 0.3) is 0 Å². The van der Waals surface area contributed by atoms with Crippen molar-refractivity contribution >= 4 is 0 Å². The number of halogens is 2. The van der Waals surface area contributed by atoms with Crippen molar-refractivity contribution in [2.75, 3.05) is 6.54 Å². The molecule has 0 amide bonds. The third-order valence-electron chi connectivity index (χ3n) is 3.72. The van der Waals surface area contributed by atoms with Crippen LogP contribution in [-0.2, 0) is 13.0 Å². The van der Waals surface area contributed by atoms with E-state index in [0.717, 1.165) is 36.9 Å². The molecule has 2 N–H and O–H groups in total. The van der Waals surface area contributed by atoms with E-state index >= 15 is 0 Å². The number of hydrogen-bond donors (Lipinski definition) is 2. The number of aliphatic hydroxyl groups is 1. The van der Waals surface area contributed by atoms with E-state index in [4.69, 9.17) is 0 Å². The fraction of sp³-hybridized carbons (Fsp3) is 0.429. The van der Waals surface area contributed by atoms with E-state index in [1.165, 1.54) is 6.33 Å². The lowest BCUT2D eigenvalue weighted by Gasteiger charge is -2.25. The van der Waals surface area contributed by atoms with Gasteiger partial charge in [0.2, 0.25) is 0 Å². The summed E-state index contributed by atoms with van der Waals surface area (Å²) in [6.07, 6.45) is 2.12. The van der Waals surface area contributed by atoms with Crippen LogP contribution in [0.1, 0.15) is 23.9 Å². The molecule has 2 aromatic rings. The maximum absolute atomic E-state index is 13.6. The number of aryl methyl sites for hydroxylation is 1. The van der Waals surface area contributed by atoms with Gasteiger partial charge in [0, 0.05) is 24.6 Å². The van der Waals surface area contributed by atoms with E-state index in [1.807, 2.05) is 4.68 Å². The third-order valence-corrected chi connectivity index (χ3v) is 3.72. The second-order valence-electron chi connectivity index (χ2n) is 5.18. The van der Waals surface area contributed by atoms with E-state index in [0.29, 0.717) is 6.54 Å². The Morgan fingerprint density at radius 1 is 1.43 bits per heavy atom. The summed E-state index contributed by atoms with van der Waals surface area (Å²) >= 11 is 0. The van der Waals surface area contributed by atoms with E-state index in [-0.39, 0.29) is 18.2 Å². The molecular weight excluding hydrogens is 278 g/mol. The topological polar surface area (TPSA) is 63.0 Å². The van der Waals surface area contributed by atoms with Gasteiger partial charge in [-0.3, -0.25) is 0 Å². The molecule has 21 heavy (non-hydrogen) atoms. The normalized spacial score (nSPS) is 19.3. The zero-order valence-corrected chi connectivity index (χ0v) is 11.3. The van der Waals surface area contributed by atoms with Crippen LogP contribution in [0.3, 0.4) is 0 Å². The molecule has 0 unspecified atom stereocenters. The maximum Gasteiger partial charge on any atom is 0.138 e. The SMILES string of the molecule is O[C@H](CN[C@H]1CCc2ncnn2C1)c1cc(F)ccc1F. The Bertz CT molecular complexity index is 631. The summed E-state index contributed by atoms with van der Waals surface area (Å²) in [7, 11) is 0. The van der Waals surface area contributed by atoms with E-state index in [1.54, 1.807) is 0 Å². The summed E-state index contributed by atoms with van der Waals surface area (Å²) in [5, 5.41) is 17.3. The molecule has 1 aliphatic heterocycles. The zero-order chi connectivity index (χ0) is 14.8. The molecule has 0 saturated heterocycles. The van der Waals surface area contributed by atoms with Gasteiger partial charge in [0.1, 0.15) is 23.8 Å². The van der Waals surface area contributed by atoms with Crippen molar-refractivity contribution in [3.63, 3.8) is 0 Å². The van der Waals surface area contributed by atoms with E-state index < -0.39 is 17.7 Å². The molecule has 1 aliphatic rings. The van der Waals surface area contributed by atoms with Gasteiger partial charge in [0.15, 0.2) is 0 Å². The minimum Gasteiger partial charge on any atom is -0.387 e. The van der Waals surface area contributed by atoms with Gasteiger partial charge < -0.3 is 10.4 Å². The smallest absolute Gasteiger partial charge is 0.138 e. The van der Waals surface area contributed by atoms with Crippen LogP contribution in [0, 0.1) is 11.6 Å². The summed E-state index contributed by atoms with van der Waals surface area (Å²) in [5.41, 5.74) is -0.0280. The van der Waals surface area contributed by atoms with Crippen molar-refractivity contribution < 1.29 is 13.9 Å². The van der Waals surface area contributed by atoms with Gasteiger partial charge >= 0.3 is 0 Å². The Balaban J connectivity index is 1.59. The number of aliphatic hydroxyl groups excluding tert-OH is 1. The highest BCUT2D eigenvalue weighted by Gasteiger charge is 2.21. The summed E-state index contributed by atoms with van der Waals surface area (Å²) in [4.78, 5) is 4.14. The van der Waals surface area contributed by atoms with Gasteiger partial charge in [-0.2, -0.15) is 5.10 Å². The standard InChI is InChI=1S/C14H16F2N4O/c15-9-1-3-12(16)11(5-9)13(21)6-17-10-2-4-14-18-8-19-20(14)7-10/h1,3,5,8,10,13,17,21H,2,4,6-7H2/t10-,13+/m0/s1.